The van der Waals surface area contributed by atoms with Crippen molar-refractivity contribution >= 4 is 10.0 Å². The van der Waals surface area contributed by atoms with Crippen LogP contribution in [0.3, 0.4) is 0 Å². The number of aryl methyl sites for hydroxylation is 1. The van der Waals surface area contributed by atoms with Crippen molar-refractivity contribution in [3.8, 4) is 0 Å². The molecule has 0 spiro atoms. The van der Waals surface area contributed by atoms with Crippen LogP contribution in [0, 0.1) is 12.8 Å². The Labute approximate surface area is 104 Å². The number of piperidine rings is 1. The van der Waals surface area contributed by atoms with Gasteiger partial charge in [-0.1, -0.05) is 24.6 Å². The molecule has 1 aromatic rings. The van der Waals surface area contributed by atoms with Crippen LogP contribution in [0.4, 0.5) is 0 Å². The zero-order chi connectivity index (χ0) is 12.5. The van der Waals surface area contributed by atoms with Crippen LogP contribution < -0.4 is 0 Å². The van der Waals surface area contributed by atoms with Gasteiger partial charge in [0.2, 0.25) is 10.0 Å². The van der Waals surface area contributed by atoms with Gasteiger partial charge in [0.25, 0.3) is 0 Å². The van der Waals surface area contributed by atoms with E-state index in [1.54, 1.807) is 16.4 Å². The van der Waals surface area contributed by atoms with E-state index in [-0.39, 0.29) is 0 Å². The number of rotatable bonds is 2. The molecule has 1 aliphatic rings. The SMILES string of the molecule is Cc1ccc(S(=O)(=O)N2CCC[C@H](C)C2)cc1. The standard InChI is InChI=1S/C13H19NO2S/c1-11-5-7-13(8-6-11)17(15,16)14-9-3-4-12(2)10-14/h5-8,12H,3-4,9-10H2,1-2H3/t12-/m0/s1. The average Bonchev–Trinajstić information content (AvgIpc) is 2.29. The lowest BCUT2D eigenvalue weighted by molar-refractivity contribution is 0.281. The largest absolute Gasteiger partial charge is 0.243 e. The van der Waals surface area contributed by atoms with E-state index in [2.05, 4.69) is 6.92 Å². The predicted octanol–water partition coefficient (Wildman–Crippen LogP) is 2.42. The molecular formula is C13H19NO2S. The highest BCUT2D eigenvalue weighted by Crippen LogP contribution is 2.23. The smallest absolute Gasteiger partial charge is 0.207 e. The second-order valence-corrected chi connectivity index (χ2v) is 6.86. The van der Waals surface area contributed by atoms with Crippen molar-refractivity contribution < 1.29 is 8.42 Å². The molecule has 1 atom stereocenters. The van der Waals surface area contributed by atoms with Crippen molar-refractivity contribution in [1.29, 1.82) is 0 Å². The summed E-state index contributed by atoms with van der Waals surface area (Å²) in [5, 5.41) is 0. The average molecular weight is 253 g/mol. The molecule has 4 heteroatoms. The van der Waals surface area contributed by atoms with Crippen molar-refractivity contribution in [1.82, 2.24) is 4.31 Å². The molecular weight excluding hydrogens is 234 g/mol. The summed E-state index contributed by atoms with van der Waals surface area (Å²) in [6.45, 7) is 5.37. The Bertz CT molecular complexity index is 479. The van der Waals surface area contributed by atoms with Crippen molar-refractivity contribution in [2.24, 2.45) is 5.92 Å². The molecule has 0 aliphatic carbocycles. The van der Waals surface area contributed by atoms with Crippen LogP contribution in [-0.4, -0.2) is 25.8 Å². The Kier molecular flexibility index (Phi) is 3.54. The molecule has 0 radical (unpaired) electrons. The molecule has 0 unspecified atom stereocenters. The number of benzene rings is 1. The Morgan fingerprint density at radius 2 is 1.88 bits per heavy atom. The number of hydrogen-bond donors (Lipinski definition) is 0. The summed E-state index contributed by atoms with van der Waals surface area (Å²) in [4.78, 5) is 0.414. The first-order chi connectivity index (χ1) is 8.00. The molecule has 1 heterocycles. The van der Waals surface area contributed by atoms with Gasteiger partial charge in [-0.25, -0.2) is 8.42 Å². The van der Waals surface area contributed by atoms with E-state index in [0.717, 1.165) is 18.4 Å². The van der Waals surface area contributed by atoms with Crippen molar-refractivity contribution in [3.05, 3.63) is 29.8 Å². The van der Waals surface area contributed by atoms with E-state index in [1.807, 2.05) is 19.1 Å². The Balaban J connectivity index is 2.26. The lowest BCUT2D eigenvalue weighted by atomic mass is 10.0. The molecule has 1 saturated heterocycles. The van der Waals surface area contributed by atoms with Crippen LogP contribution in [0.5, 0.6) is 0 Å². The third-order valence-electron chi connectivity index (χ3n) is 3.28. The quantitative estimate of drug-likeness (QED) is 0.811. The van der Waals surface area contributed by atoms with Gasteiger partial charge >= 0.3 is 0 Å². The number of sulfonamides is 1. The summed E-state index contributed by atoms with van der Waals surface area (Å²) in [6.07, 6.45) is 2.09. The first kappa shape index (κ1) is 12.6. The van der Waals surface area contributed by atoms with Gasteiger partial charge in [-0.05, 0) is 37.8 Å². The van der Waals surface area contributed by atoms with Crippen LogP contribution in [-0.2, 0) is 10.0 Å². The molecule has 1 aliphatic heterocycles. The lowest BCUT2D eigenvalue weighted by Gasteiger charge is -2.30. The van der Waals surface area contributed by atoms with Crippen molar-refractivity contribution in [2.75, 3.05) is 13.1 Å². The number of hydrogen-bond acceptors (Lipinski definition) is 2. The predicted molar refractivity (Wildman–Crippen MR) is 68.3 cm³/mol. The summed E-state index contributed by atoms with van der Waals surface area (Å²) < 4.78 is 26.4. The maximum absolute atomic E-state index is 12.4. The fourth-order valence-corrected chi connectivity index (χ4v) is 3.82. The van der Waals surface area contributed by atoms with Crippen molar-refractivity contribution in [3.63, 3.8) is 0 Å². The highest BCUT2D eigenvalue weighted by molar-refractivity contribution is 7.89. The molecule has 0 aromatic heterocycles. The van der Waals surface area contributed by atoms with Crippen LogP contribution >= 0.6 is 0 Å². The molecule has 94 valence electrons. The van der Waals surface area contributed by atoms with Gasteiger partial charge in [-0.2, -0.15) is 4.31 Å². The summed E-state index contributed by atoms with van der Waals surface area (Å²) in [7, 11) is -3.28. The third-order valence-corrected chi connectivity index (χ3v) is 5.16. The summed E-state index contributed by atoms with van der Waals surface area (Å²) >= 11 is 0. The minimum atomic E-state index is -3.28. The Morgan fingerprint density at radius 1 is 1.24 bits per heavy atom. The van der Waals surface area contributed by atoms with E-state index < -0.39 is 10.0 Å². The number of nitrogens with zero attached hydrogens (tertiary/aromatic N) is 1. The maximum atomic E-state index is 12.4. The van der Waals surface area contributed by atoms with E-state index in [4.69, 9.17) is 0 Å². The maximum Gasteiger partial charge on any atom is 0.243 e. The normalized spacial score (nSPS) is 22.6. The molecule has 1 fully saturated rings. The van der Waals surface area contributed by atoms with E-state index in [1.165, 1.54) is 0 Å². The van der Waals surface area contributed by atoms with E-state index >= 15 is 0 Å². The second kappa shape index (κ2) is 4.78. The Morgan fingerprint density at radius 3 is 2.47 bits per heavy atom. The van der Waals surface area contributed by atoms with Crippen LogP contribution in [0.15, 0.2) is 29.2 Å². The zero-order valence-corrected chi connectivity index (χ0v) is 11.2. The molecule has 0 N–H and O–H groups in total. The lowest BCUT2D eigenvalue weighted by Crippen LogP contribution is -2.39. The second-order valence-electron chi connectivity index (χ2n) is 4.92. The zero-order valence-electron chi connectivity index (χ0n) is 10.4. The highest BCUT2D eigenvalue weighted by Gasteiger charge is 2.28. The third kappa shape index (κ3) is 2.69. The van der Waals surface area contributed by atoms with Gasteiger partial charge in [-0.3, -0.25) is 0 Å². The summed E-state index contributed by atoms with van der Waals surface area (Å²) in [5.74, 6) is 0.462. The summed E-state index contributed by atoms with van der Waals surface area (Å²) in [5.41, 5.74) is 1.08. The van der Waals surface area contributed by atoms with Crippen LogP contribution in [0.25, 0.3) is 0 Å². The molecule has 0 saturated carbocycles. The minimum Gasteiger partial charge on any atom is -0.207 e. The first-order valence-electron chi connectivity index (χ1n) is 6.07. The van der Waals surface area contributed by atoms with Gasteiger partial charge in [0.15, 0.2) is 0 Å². The van der Waals surface area contributed by atoms with Crippen molar-refractivity contribution in [2.45, 2.75) is 31.6 Å². The molecule has 3 nitrogen and oxygen atoms in total. The monoisotopic (exact) mass is 253 g/mol. The molecule has 0 amide bonds. The van der Waals surface area contributed by atoms with Gasteiger partial charge in [0.1, 0.15) is 0 Å². The molecule has 0 bridgehead atoms. The first-order valence-corrected chi connectivity index (χ1v) is 7.51. The van der Waals surface area contributed by atoms with Gasteiger partial charge in [0.05, 0.1) is 4.90 Å². The molecule has 17 heavy (non-hydrogen) atoms. The van der Waals surface area contributed by atoms with Crippen LogP contribution in [0.2, 0.25) is 0 Å². The summed E-state index contributed by atoms with van der Waals surface area (Å²) in [6, 6.07) is 7.09. The molecule has 2 rings (SSSR count). The van der Waals surface area contributed by atoms with Crippen LogP contribution in [0.1, 0.15) is 25.3 Å². The van der Waals surface area contributed by atoms with E-state index in [9.17, 15) is 8.42 Å². The Hall–Kier alpha value is -0.870. The van der Waals surface area contributed by atoms with E-state index in [0.29, 0.717) is 23.9 Å². The molecule has 1 aromatic carbocycles. The highest BCUT2D eigenvalue weighted by atomic mass is 32.2. The van der Waals surface area contributed by atoms with Gasteiger partial charge in [-0.15, -0.1) is 0 Å². The van der Waals surface area contributed by atoms with Gasteiger partial charge < -0.3 is 0 Å². The fraction of sp³-hybridized carbons (Fsp3) is 0.538. The fourth-order valence-electron chi connectivity index (χ4n) is 2.22. The van der Waals surface area contributed by atoms with Gasteiger partial charge in [0, 0.05) is 13.1 Å². The topological polar surface area (TPSA) is 37.4 Å². The minimum absolute atomic E-state index is 0.414.